The molecule has 5 nitrogen and oxygen atoms in total. The fourth-order valence-corrected chi connectivity index (χ4v) is 2.13. The molecule has 2 aromatic rings. The molecule has 1 aromatic carbocycles. The summed E-state index contributed by atoms with van der Waals surface area (Å²) in [6.07, 6.45) is 3.98. The Morgan fingerprint density at radius 3 is 2.47 bits per heavy atom. The lowest BCUT2D eigenvalue weighted by Crippen LogP contribution is -2.26. The SMILES string of the molecule is CC(C(=O)c1cnn(-c2ccccc2)c1)S(C)(=O)=O. The molecule has 0 N–H and O–H groups in total. The van der Waals surface area contributed by atoms with Crippen molar-refractivity contribution in [2.24, 2.45) is 0 Å². The van der Waals surface area contributed by atoms with Gasteiger partial charge in [-0.05, 0) is 19.1 Å². The number of para-hydroxylation sites is 1. The molecule has 0 fully saturated rings. The summed E-state index contributed by atoms with van der Waals surface area (Å²) in [5.41, 5.74) is 1.11. The van der Waals surface area contributed by atoms with Gasteiger partial charge in [-0.1, -0.05) is 18.2 Å². The number of Topliss-reactive ketones (excluding diaryl/α,β-unsaturated/α-hetero) is 1. The molecule has 19 heavy (non-hydrogen) atoms. The normalized spacial score (nSPS) is 13.2. The summed E-state index contributed by atoms with van der Waals surface area (Å²) >= 11 is 0. The van der Waals surface area contributed by atoms with E-state index in [1.807, 2.05) is 30.3 Å². The summed E-state index contributed by atoms with van der Waals surface area (Å²) < 4.78 is 24.3. The van der Waals surface area contributed by atoms with Gasteiger partial charge >= 0.3 is 0 Å². The van der Waals surface area contributed by atoms with Crippen LogP contribution in [0.25, 0.3) is 5.69 Å². The van der Waals surface area contributed by atoms with Gasteiger partial charge in [0.2, 0.25) is 0 Å². The minimum Gasteiger partial charge on any atom is -0.293 e. The second-order valence-corrected chi connectivity index (χ2v) is 6.71. The van der Waals surface area contributed by atoms with Crippen molar-refractivity contribution in [1.82, 2.24) is 9.78 Å². The molecular weight excluding hydrogens is 264 g/mol. The van der Waals surface area contributed by atoms with Crippen molar-refractivity contribution in [3.8, 4) is 5.69 Å². The molecule has 0 saturated heterocycles. The molecule has 1 heterocycles. The van der Waals surface area contributed by atoms with E-state index < -0.39 is 20.9 Å². The molecule has 6 heteroatoms. The fraction of sp³-hybridized carbons (Fsp3) is 0.231. The Morgan fingerprint density at radius 2 is 1.89 bits per heavy atom. The number of carbonyl (C=O) groups excluding carboxylic acids is 1. The number of carbonyl (C=O) groups is 1. The van der Waals surface area contributed by atoms with Crippen molar-refractivity contribution in [3.05, 3.63) is 48.3 Å². The molecule has 0 radical (unpaired) electrons. The largest absolute Gasteiger partial charge is 0.293 e. The third-order valence-electron chi connectivity index (χ3n) is 2.90. The van der Waals surface area contributed by atoms with E-state index in [1.165, 1.54) is 13.1 Å². The van der Waals surface area contributed by atoms with Crippen molar-refractivity contribution in [1.29, 1.82) is 0 Å². The van der Waals surface area contributed by atoms with Crippen LogP contribution in [0.15, 0.2) is 42.7 Å². The lowest BCUT2D eigenvalue weighted by Gasteiger charge is -2.05. The van der Waals surface area contributed by atoms with Crippen molar-refractivity contribution < 1.29 is 13.2 Å². The standard InChI is InChI=1S/C13H14N2O3S/c1-10(19(2,17)18)13(16)11-8-14-15(9-11)12-6-4-3-5-7-12/h3-10H,1-2H3. The molecular formula is C13H14N2O3S. The number of hydrogen-bond donors (Lipinski definition) is 0. The van der Waals surface area contributed by atoms with Crippen LogP contribution in [0.3, 0.4) is 0 Å². The van der Waals surface area contributed by atoms with Crippen molar-refractivity contribution >= 4 is 15.6 Å². The van der Waals surface area contributed by atoms with Gasteiger partial charge < -0.3 is 0 Å². The predicted molar refractivity (Wildman–Crippen MR) is 72.2 cm³/mol. The first-order valence-corrected chi connectivity index (χ1v) is 7.68. The van der Waals surface area contributed by atoms with Crippen LogP contribution in [0.1, 0.15) is 17.3 Å². The summed E-state index contributed by atoms with van der Waals surface area (Å²) in [6, 6.07) is 9.29. The Balaban J connectivity index is 2.30. The Kier molecular flexibility index (Phi) is 3.53. The summed E-state index contributed by atoms with van der Waals surface area (Å²) in [6.45, 7) is 1.39. The number of nitrogens with zero attached hydrogens (tertiary/aromatic N) is 2. The van der Waals surface area contributed by atoms with Gasteiger partial charge in [0, 0.05) is 12.5 Å². The maximum Gasteiger partial charge on any atom is 0.183 e. The van der Waals surface area contributed by atoms with Crippen LogP contribution in [0.5, 0.6) is 0 Å². The molecule has 0 saturated carbocycles. The molecule has 0 aliphatic heterocycles. The van der Waals surface area contributed by atoms with Crippen molar-refractivity contribution in [3.63, 3.8) is 0 Å². The van der Waals surface area contributed by atoms with E-state index in [4.69, 9.17) is 0 Å². The first kappa shape index (κ1) is 13.5. The minimum absolute atomic E-state index is 0.293. The van der Waals surface area contributed by atoms with E-state index in [9.17, 15) is 13.2 Å². The predicted octanol–water partition coefficient (Wildman–Crippen LogP) is 1.49. The second kappa shape index (κ2) is 4.97. The zero-order valence-corrected chi connectivity index (χ0v) is 11.5. The summed E-state index contributed by atoms with van der Waals surface area (Å²) in [5, 5.41) is 3.02. The maximum atomic E-state index is 12.0. The highest BCUT2D eigenvalue weighted by atomic mass is 32.2. The van der Waals surface area contributed by atoms with Gasteiger partial charge in [-0.15, -0.1) is 0 Å². The van der Waals surface area contributed by atoms with E-state index in [0.29, 0.717) is 5.56 Å². The Hall–Kier alpha value is -1.95. The van der Waals surface area contributed by atoms with E-state index >= 15 is 0 Å². The lowest BCUT2D eigenvalue weighted by atomic mass is 10.2. The van der Waals surface area contributed by atoms with Gasteiger partial charge in [-0.2, -0.15) is 5.10 Å². The molecule has 100 valence electrons. The Labute approximate surface area is 111 Å². The highest BCUT2D eigenvalue weighted by Gasteiger charge is 2.25. The maximum absolute atomic E-state index is 12.0. The highest BCUT2D eigenvalue weighted by molar-refractivity contribution is 7.92. The molecule has 0 aliphatic carbocycles. The number of rotatable bonds is 4. The van der Waals surface area contributed by atoms with E-state index in [0.717, 1.165) is 11.9 Å². The number of ketones is 1. The lowest BCUT2D eigenvalue weighted by molar-refractivity contribution is 0.0991. The van der Waals surface area contributed by atoms with Gasteiger partial charge in [-0.25, -0.2) is 13.1 Å². The van der Waals surface area contributed by atoms with E-state index in [1.54, 1.807) is 10.9 Å². The highest BCUT2D eigenvalue weighted by Crippen LogP contribution is 2.12. The Bertz CT molecular complexity index is 690. The van der Waals surface area contributed by atoms with Crippen LogP contribution < -0.4 is 0 Å². The summed E-state index contributed by atoms with van der Waals surface area (Å²) in [5.74, 6) is -0.440. The first-order valence-electron chi connectivity index (χ1n) is 5.73. The van der Waals surface area contributed by atoms with Crippen LogP contribution in [-0.2, 0) is 9.84 Å². The van der Waals surface area contributed by atoms with Crippen molar-refractivity contribution in [2.75, 3.05) is 6.26 Å². The second-order valence-electron chi connectivity index (χ2n) is 4.35. The van der Waals surface area contributed by atoms with Gasteiger partial charge in [0.05, 0.1) is 17.4 Å². The van der Waals surface area contributed by atoms with E-state index in [2.05, 4.69) is 5.10 Å². The molecule has 0 aliphatic rings. The number of sulfone groups is 1. The van der Waals surface area contributed by atoms with Gasteiger partial charge in [0.15, 0.2) is 15.6 Å². The quantitative estimate of drug-likeness (QED) is 0.794. The molecule has 1 atom stereocenters. The number of benzene rings is 1. The average molecular weight is 278 g/mol. The zero-order chi connectivity index (χ0) is 14.0. The van der Waals surface area contributed by atoms with Gasteiger partial charge in [0.25, 0.3) is 0 Å². The molecule has 2 rings (SSSR count). The minimum atomic E-state index is -3.39. The molecule has 0 spiro atoms. The molecule has 0 bridgehead atoms. The summed E-state index contributed by atoms with van der Waals surface area (Å²) in [7, 11) is -3.39. The first-order chi connectivity index (χ1) is 8.89. The smallest absolute Gasteiger partial charge is 0.183 e. The van der Waals surface area contributed by atoms with Crippen LogP contribution in [0.4, 0.5) is 0 Å². The van der Waals surface area contributed by atoms with Gasteiger partial charge in [-0.3, -0.25) is 4.79 Å². The molecule has 0 amide bonds. The van der Waals surface area contributed by atoms with Crippen molar-refractivity contribution in [2.45, 2.75) is 12.2 Å². The van der Waals surface area contributed by atoms with E-state index in [-0.39, 0.29) is 0 Å². The topological polar surface area (TPSA) is 69.0 Å². The third-order valence-corrected chi connectivity index (χ3v) is 4.40. The number of hydrogen-bond acceptors (Lipinski definition) is 4. The fourth-order valence-electron chi connectivity index (χ4n) is 1.60. The molecule has 1 aromatic heterocycles. The van der Waals surface area contributed by atoms with Crippen LogP contribution in [0.2, 0.25) is 0 Å². The van der Waals surface area contributed by atoms with Crippen LogP contribution in [-0.4, -0.2) is 35.5 Å². The van der Waals surface area contributed by atoms with Crippen LogP contribution in [0, 0.1) is 0 Å². The monoisotopic (exact) mass is 278 g/mol. The zero-order valence-electron chi connectivity index (χ0n) is 10.6. The Morgan fingerprint density at radius 1 is 1.26 bits per heavy atom. The van der Waals surface area contributed by atoms with Crippen LogP contribution >= 0.6 is 0 Å². The third kappa shape index (κ3) is 2.90. The average Bonchev–Trinajstić information content (AvgIpc) is 2.86. The van der Waals surface area contributed by atoms with Gasteiger partial charge in [0.1, 0.15) is 5.25 Å². The molecule has 1 unspecified atom stereocenters. The summed E-state index contributed by atoms with van der Waals surface area (Å²) in [4.78, 5) is 12.0. The number of aromatic nitrogens is 2.